The van der Waals surface area contributed by atoms with Gasteiger partial charge in [0, 0.05) is 43.9 Å². The van der Waals surface area contributed by atoms with E-state index in [2.05, 4.69) is 17.2 Å². The quantitative estimate of drug-likeness (QED) is 0.612. The fourth-order valence-electron chi connectivity index (χ4n) is 3.45. The molecule has 1 amide bonds. The molecule has 0 spiro atoms. The van der Waals surface area contributed by atoms with Gasteiger partial charge in [-0.05, 0) is 25.0 Å². The minimum atomic E-state index is 0.227. The summed E-state index contributed by atoms with van der Waals surface area (Å²) >= 11 is 0. The van der Waals surface area contributed by atoms with Crippen molar-refractivity contribution in [3.05, 3.63) is 30.6 Å². The Morgan fingerprint density at radius 2 is 2.14 bits per heavy atom. The Morgan fingerprint density at radius 1 is 1.25 bits per heavy atom. The summed E-state index contributed by atoms with van der Waals surface area (Å²) < 4.78 is 2.00. The maximum absolute atomic E-state index is 11.9. The van der Waals surface area contributed by atoms with Crippen molar-refractivity contribution in [1.29, 1.82) is 0 Å². The van der Waals surface area contributed by atoms with Crippen molar-refractivity contribution >= 4 is 28.6 Å². The van der Waals surface area contributed by atoms with E-state index in [-0.39, 0.29) is 5.91 Å². The maximum atomic E-state index is 11.9. The first-order chi connectivity index (χ1) is 13.7. The topological polar surface area (TPSA) is 102 Å². The maximum Gasteiger partial charge on any atom is 0.222 e. The second kappa shape index (κ2) is 7.84. The van der Waals surface area contributed by atoms with Crippen LogP contribution >= 0.6 is 0 Å². The number of rotatable bonds is 7. The number of carbonyl (C=O) groups excluding carboxylic acids is 1. The SMILES string of the molecule is CCCNc1nc(-c2cccc(N)c2)nc2c1ncn2CCN1CCCC1=O. The minimum Gasteiger partial charge on any atom is -0.399 e. The van der Waals surface area contributed by atoms with E-state index < -0.39 is 0 Å². The second-order valence-corrected chi connectivity index (χ2v) is 7.04. The first-order valence-electron chi connectivity index (χ1n) is 9.76. The average Bonchev–Trinajstić information content (AvgIpc) is 3.30. The molecule has 0 unspecified atom stereocenters. The molecular weight excluding hydrogens is 354 g/mol. The smallest absolute Gasteiger partial charge is 0.222 e. The Balaban J connectivity index is 1.70. The first-order valence-corrected chi connectivity index (χ1v) is 9.76. The zero-order valence-electron chi connectivity index (χ0n) is 16.1. The van der Waals surface area contributed by atoms with Crippen LogP contribution in [0.3, 0.4) is 0 Å². The molecule has 0 radical (unpaired) electrons. The van der Waals surface area contributed by atoms with Crippen LogP contribution in [-0.2, 0) is 11.3 Å². The molecule has 2 aromatic heterocycles. The molecule has 1 aromatic carbocycles. The van der Waals surface area contributed by atoms with Crippen LogP contribution in [-0.4, -0.2) is 50.0 Å². The van der Waals surface area contributed by atoms with Crippen molar-refractivity contribution < 1.29 is 4.79 Å². The van der Waals surface area contributed by atoms with Gasteiger partial charge in [0.15, 0.2) is 17.3 Å². The molecule has 3 heterocycles. The number of likely N-dealkylation sites (tertiary alicyclic amines) is 1. The lowest BCUT2D eigenvalue weighted by Crippen LogP contribution is -2.28. The molecule has 1 aliphatic rings. The van der Waals surface area contributed by atoms with E-state index in [1.54, 1.807) is 6.33 Å². The fraction of sp³-hybridized carbons (Fsp3) is 0.400. The number of fused-ring (bicyclic) bond motifs is 1. The third kappa shape index (κ3) is 3.62. The van der Waals surface area contributed by atoms with E-state index >= 15 is 0 Å². The van der Waals surface area contributed by atoms with Crippen molar-refractivity contribution in [3.8, 4) is 11.4 Å². The molecule has 0 saturated carbocycles. The van der Waals surface area contributed by atoms with Crippen LogP contribution in [0.2, 0.25) is 0 Å². The van der Waals surface area contributed by atoms with E-state index in [4.69, 9.17) is 15.7 Å². The van der Waals surface area contributed by atoms with E-state index in [0.717, 1.165) is 48.5 Å². The van der Waals surface area contributed by atoms with Gasteiger partial charge >= 0.3 is 0 Å². The predicted molar refractivity (Wildman–Crippen MR) is 110 cm³/mol. The second-order valence-electron chi connectivity index (χ2n) is 7.04. The van der Waals surface area contributed by atoms with Gasteiger partial charge in [-0.25, -0.2) is 15.0 Å². The van der Waals surface area contributed by atoms with Gasteiger partial charge in [0.2, 0.25) is 5.91 Å². The number of benzene rings is 1. The van der Waals surface area contributed by atoms with E-state index in [1.165, 1.54) is 0 Å². The van der Waals surface area contributed by atoms with Gasteiger partial charge in [-0.2, -0.15) is 0 Å². The van der Waals surface area contributed by atoms with Gasteiger partial charge in [-0.1, -0.05) is 19.1 Å². The molecule has 1 fully saturated rings. The van der Waals surface area contributed by atoms with Crippen molar-refractivity contribution in [2.75, 3.05) is 30.7 Å². The van der Waals surface area contributed by atoms with Gasteiger partial charge < -0.3 is 20.5 Å². The molecule has 0 atom stereocenters. The number of nitrogens with one attached hydrogen (secondary N) is 1. The van der Waals surface area contributed by atoms with Crippen LogP contribution in [0, 0.1) is 0 Å². The average molecular weight is 379 g/mol. The highest BCUT2D eigenvalue weighted by Crippen LogP contribution is 2.25. The number of hydrogen-bond donors (Lipinski definition) is 2. The minimum absolute atomic E-state index is 0.227. The van der Waals surface area contributed by atoms with Crippen LogP contribution in [0.1, 0.15) is 26.2 Å². The normalized spacial score (nSPS) is 14.2. The molecule has 4 rings (SSSR count). The van der Waals surface area contributed by atoms with Gasteiger partial charge in [-0.3, -0.25) is 4.79 Å². The summed E-state index contributed by atoms with van der Waals surface area (Å²) in [7, 11) is 0. The zero-order valence-corrected chi connectivity index (χ0v) is 16.1. The number of carbonyl (C=O) groups is 1. The molecule has 146 valence electrons. The Bertz CT molecular complexity index is 997. The third-order valence-electron chi connectivity index (χ3n) is 4.93. The molecule has 3 N–H and O–H groups in total. The Morgan fingerprint density at radius 3 is 2.89 bits per heavy atom. The van der Waals surface area contributed by atoms with Gasteiger partial charge in [0.05, 0.1) is 6.33 Å². The standard InChI is InChI=1S/C20H25N7O/c1-2-8-22-19-17-20(25-18(24-19)14-5-3-6-15(21)12-14)27(13-23-17)11-10-26-9-4-7-16(26)28/h3,5-6,12-13H,2,4,7-11,21H2,1H3,(H,22,24,25). The molecule has 8 nitrogen and oxygen atoms in total. The summed E-state index contributed by atoms with van der Waals surface area (Å²) in [4.78, 5) is 27.8. The first kappa shape index (κ1) is 18.2. The number of aromatic nitrogens is 4. The molecule has 3 aromatic rings. The van der Waals surface area contributed by atoms with Crippen LogP contribution in [0.4, 0.5) is 11.5 Å². The lowest BCUT2D eigenvalue weighted by Gasteiger charge is -2.16. The fourth-order valence-corrected chi connectivity index (χ4v) is 3.45. The van der Waals surface area contributed by atoms with Gasteiger partial charge in [-0.15, -0.1) is 0 Å². The lowest BCUT2D eigenvalue weighted by atomic mass is 10.2. The molecule has 1 aliphatic heterocycles. The highest BCUT2D eigenvalue weighted by atomic mass is 16.2. The number of imidazole rings is 1. The summed E-state index contributed by atoms with van der Waals surface area (Å²) in [6.07, 6.45) is 4.35. The number of nitrogen functional groups attached to an aromatic ring is 1. The summed E-state index contributed by atoms with van der Waals surface area (Å²) in [5.74, 6) is 1.56. The van der Waals surface area contributed by atoms with E-state index in [0.29, 0.717) is 31.0 Å². The van der Waals surface area contributed by atoms with E-state index in [1.807, 2.05) is 33.7 Å². The third-order valence-corrected chi connectivity index (χ3v) is 4.93. The van der Waals surface area contributed by atoms with Crippen LogP contribution in [0.25, 0.3) is 22.6 Å². The van der Waals surface area contributed by atoms with Crippen molar-refractivity contribution in [2.45, 2.75) is 32.7 Å². The molecule has 0 aliphatic carbocycles. The van der Waals surface area contributed by atoms with Crippen LogP contribution < -0.4 is 11.1 Å². The molecule has 28 heavy (non-hydrogen) atoms. The Kier molecular flexibility index (Phi) is 5.10. The molecular formula is C20H25N7O. The van der Waals surface area contributed by atoms with Crippen molar-refractivity contribution in [3.63, 3.8) is 0 Å². The highest BCUT2D eigenvalue weighted by Gasteiger charge is 2.20. The van der Waals surface area contributed by atoms with Crippen LogP contribution in [0.15, 0.2) is 30.6 Å². The lowest BCUT2D eigenvalue weighted by molar-refractivity contribution is -0.127. The highest BCUT2D eigenvalue weighted by molar-refractivity contribution is 5.85. The predicted octanol–water partition coefficient (Wildman–Crippen LogP) is 2.52. The van der Waals surface area contributed by atoms with Crippen molar-refractivity contribution in [1.82, 2.24) is 24.4 Å². The van der Waals surface area contributed by atoms with Crippen molar-refractivity contribution in [2.24, 2.45) is 0 Å². The van der Waals surface area contributed by atoms with Gasteiger partial charge in [0.1, 0.15) is 5.52 Å². The number of anilines is 2. The van der Waals surface area contributed by atoms with Crippen LogP contribution in [0.5, 0.6) is 0 Å². The number of amides is 1. The summed E-state index contributed by atoms with van der Waals surface area (Å²) in [5, 5.41) is 3.36. The largest absolute Gasteiger partial charge is 0.399 e. The Labute approximate surface area is 163 Å². The summed E-state index contributed by atoms with van der Waals surface area (Å²) in [6.45, 7) is 5.06. The zero-order chi connectivity index (χ0) is 19.5. The van der Waals surface area contributed by atoms with E-state index in [9.17, 15) is 4.79 Å². The number of hydrogen-bond acceptors (Lipinski definition) is 6. The molecule has 1 saturated heterocycles. The Hall–Kier alpha value is -3.16. The summed E-state index contributed by atoms with van der Waals surface area (Å²) in [6, 6.07) is 7.56. The summed E-state index contributed by atoms with van der Waals surface area (Å²) in [5.41, 5.74) is 8.98. The number of nitrogens with two attached hydrogens (primary N) is 1. The monoisotopic (exact) mass is 379 g/mol. The number of nitrogens with zero attached hydrogens (tertiary/aromatic N) is 5. The molecule has 0 bridgehead atoms. The van der Waals surface area contributed by atoms with Gasteiger partial charge in [0.25, 0.3) is 0 Å². The molecule has 8 heteroatoms.